The van der Waals surface area contributed by atoms with Crippen molar-refractivity contribution in [3.63, 3.8) is 0 Å². The molecule has 0 saturated carbocycles. The fourth-order valence-corrected chi connectivity index (χ4v) is 9.99. The lowest BCUT2D eigenvalue weighted by Crippen LogP contribution is -2.10. The molecule has 1 heterocycles. The van der Waals surface area contributed by atoms with Gasteiger partial charge in [0, 0.05) is 26.8 Å². The van der Waals surface area contributed by atoms with Gasteiger partial charge in [-0.05, 0) is 102 Å². The molecule has 11 aromatic rings. The van der Waals surface area contributed by atoms with Crippen LogP contribution >= 0.6 is 11.3 Å². The Morgan fingerprint density at radius 1 is 0.293 bits per heavy atom. The molecule has 0 saturated heterocycles. The molecule has 58 heavy (non-hydrogen) atoms. The standard InChI is InChI=1S/C56H37NS/c1-4-13-38(14-5-1)39-25-30-46(31-26-39)57(47-32-27-40(28-33-47)44-29-34-49-45(37-44)24-23-43-19-10-11-20-48(43)49)53-22-12-21-52-54-50(41-15-6-2-7-16-41)35-36-51(56(54)58-55(52)53)42-17-8-3-9-18-42/h1-37H. The second kappa shape index (κ2) is 14.4. The summed E-state index contributed by atoms with van der Waals surface area (Å²) in [6, 6.07) is 81.8. The average Bonchev–Trinajstić information content (AvgIpc) is 3.71. The van der Waals surface area contributed by atoms with Gasteiger partial charge < -0.3 is 4.90 Å². The maximum Gasteiger partial charge on any atom is 0.0640 e. The summed E-state index contributed by atoms with van der Waals surface area (Å²) in [7, 11) is 0. The number of fused-ring (bicyclic) bond motifs is 6. The van der Waals surface area contributed by atoms with Crippen LogP contribution in [0, 0.1) is 0 Å². The van der Waals surface area contributed by atoms with Gasteiger partial charge in [-0.25, -0.2) is 0 Å². The molecule has 0 amide bonds. The molecular formula is C56H37NS. The highest BCUT2D eigenvalue weighted by Gasteiger charge is 2.22. The average molecular weight is 756 g/mol. The highest BCUT2D eigenvalue weighted by molar-refractivity contribution is 7.27. The maximum atomic E-state index is 2.44. The van der Waals surface area contributed by atoms with Gasteiger partial charge in [0.2, 0.25) is 0 Å². The maximum absolute atomic E-state index is 2.44. The van der Waals surface area contributed by atoms with E-state index in [1.54, 1.807) is 0 Å². The van der Waals surface area contributed by atoms with E-state index < -0.39 is 0 Å². The summed E-state index contributed by atoms with van der Waals surface area (Å²) in [6.07, 6.45) is 0. The van der Waals surface area contributed by atoms with Crippen molar-refractivity contribution in [2.24, 2.45) is 0 Å². The molecular weight excluding hydrogens is 719 g/mol. The number of hydrogen-bond acceptors (Lipinski definition) is 2. The van der Waals surface area contributed by atoms with E-state index in [2.05, 4.69) is 229 Å². The van der Waals surface area contributed by atoms with E-state index in [1.807, 2.05) is 11.3 Å². The Morgan fingerprint density at radius 3 is 1.48 bits per heavy atom. The Kier molecular flexibility index (Phi) is 8.42. The predicted molar refractivity (Wildman–Crippen MR) is 251 cm³/mol. The molecule has 2 heteroatoms. The molecule has 0 fully saturated rings. The summed E-state index contributed by atoms with van der Waals surface area (Å²) in [5, 5.41) is 7.66. The lowest BCUT2D eigenvalue weighted by atomic mass is 9.95. The molecule has 0 radical (unpaired) electrons. The van der Waals surface area contributed by atoms with E-state index in [-0.39, 0.29) is 0 Å². The minimum Gasteiger partial charge on any atom is -0.309 e. The van der Waals surface area contributed by atoms with Crippen LogP contribution in [0.1, 0.15) is 0 Å². The molecule has 0 atom stereocenters. The van der Waals surface area contributed by atoms with Crippen molar-refractivity contribution < 1.29 is 0 Å². The van der Waals surface area contributed by atoms with Crippen LogP contribution in [0.4, 0.5) is 17.1 Å². The van der Waals surface area contributed by atoms with Gasteiger partial charge >= 0.3 is 0 Å². The first-order valence-electron chi connectivity index (χ1n) is 19.8. The van der Waals surface area contributed by atoms with Crippen molar-refractivity contribution in [3.8, 4) is 44.5 Å². The Bertz CT molecular complexity index is 3240. The van der Waals surface area contributed by atoms with E-state index >= 15 is 0 Å². The third-order valence-electron chi connectivity index (χ3n) is 11.5. The van der Waals surface area contributed by atoms with Gasteiger partial charge in [-0.15, -0.1) is 11.3 Å². The van der Waals surface area contributed by atoms with Crippen LogP contribution in [0.5, 0.6) is 0 Å². The van der Waals surface area contributed by atoms with Crippen molar-refractivity contribution in [2.75, 3.05) is 4.90 Å². The van der Waals surface area contributed by atoms with E-state index in [1.165, 1.54) is 86.2 Å². The van der Waals surface area contributed by atoms with E-state index in [0.29, 0.717) is 0 Å². The predicted octanol–water partition coefficient (Wildman–Crippen LogP) is 16.5. The zero-order valence-corrected chi connectivity index (χ0v) is 32.5. The molecule has 0 spiro atoms. The van der Waals surface area contributed by atoms with Gasteiger partial charge in [-0.1, -0.05) is 188 Å². The molecule has 0 aliphatic heterocycles. The van der Waals surface area contributed by atoms with E-state index in [9.17, 15) is 0 Å². The molecule has 0 aliphatic carbocycles. The zero-order chi connectivity index (χ0) is 38.4. The third kappa shape index (κ3) is 5.94. The monoisotopic (exact) mass is 755 g/mol. The molecule has 0 aliphatic rings. The fourth-order valence-electron chi connectivity index (χ4n) is 8.62. The number of rotatable bonds is 7. The third-order valence-corrected chi connectivity index (χ3v) is 12.7. The smallest absolute Gasteiger partial charge is 0.0640 e. The molecule has 1 nitrogen and oxygen atoms in total. The summed E-state index contributed by atoms with van der Waals surface area (Å²) >= 11 is 1.90. The molecule has 11 rings (SSSR count). The van der Waals surface area contributed by atoms with Gasteiger partial charge in [0.15, 0.2) is 0 Å². The molecule has 0 N–H and O–H groups in total. The Labute approximate surface area is 342 Å². The first-order valence-corrected chi connectivity index (χ1v) is 20.7. The van der Waals surface area contributed by atoms with Crippen LogP contribution in [0.3, 0.4) is 0 Å². The second-order valence-electron chi connectivity index (χ2n) is 14.9. The molecule has 10 aromatic carbocycles. The molecule has 272 valence electrons. The number of anilines is 3. The second-order valence-corrected chi connectivity index (χ2v) is 15.9. The molecule has 0 unspecified atom stereocenters. The van der Waals surface area contributed by atoms with Crippen LogP contribution in [0.15, 0.2) is 224 Å². The molecule has 0 bridgehead atoms. The number of nitrogens with zero attached hydrogens (tertiary/aromatic N) is 1. The van der Waals surface area contributed by atoms with Crippen LogP contribution < -0.4 is 4.90 Å². The topological polar surface area (TPSA) is 3.24 Å². The summed E-state index contributed by atoms with van der Waals surface area (Å²) in [6.45, 7) is 0. The summed E-state index contributed by atoms with van der Waals surface area (Å²) < 4.78 is 2.56. The van der Waals surface area contributed by atoms with Crippen molar-refractivity contribution in [3.05, 3.63) is 224 Å². The lowest BCUT2D eigenvalue weighted by molar-refractivity contribution is 1.30. The number of benzene rings is 10. The zero-order valence-electron chi connectivity index (χ0n) is 31.7. The Morgan fingerprint density at radius 2 is 0.793 bits per heavy atom. The number of hydrogen-bond donors (Lipinski definition) is 0. The van der Waals surface area contributed by atoms with Crippen molar-refractivity contribution in [1.29, 1.82) is 0 Å². The number of thiophene rings is 1. The highest BCUT2D eigenvalue weighted by Crippen LogP contribution is 2.50. The van der Waals surface area contributed by atoms with E-state index in [0.717, 1.165) is 17.1 Å². The van der Waals surface area contributed by atoms with Crippen LogP contribution in [0.25, 0.3) is 86.2 Å². The molecule has 1 aromatic heterocycles. The van der Waals surface area contributed by atoms with Gasteiger partial charge in [-0.2, -0.15) is 0 Å². The fraction of sp³-hybridized carbons (Fsp3) is 0. The summed E-state index contributed by atoms with van der Waals surface area (Å²) in [5.74, 6) is 0. The summed E-state index contributed by atoms with van der Waals surface area (Å²) in [5.41, 5.74) is 13.2. The Balaban J connectivity index is 1.09. The highest BCUT2D eigenvalue weighted by atomic mass is 32.1. The Hall–Kier alpha value is -7.26. The first kappa shape index (κ1) is 34.0. The van der Waals surface area contributed by atoms with E-state index in [4.69, 9.17) is 0 Å². The van der Waals surface area contributed by atoms with Crippen LogP contribution in [0.2, 0.25) is 0 Å². The SMILES string of the molecule is c1ccc(-c2ccc(N(c3ccc(-c4ccc5c(ccc6ccccc65)c4)cc3)c3cccc4c3sc3c(-c5ccccc5)ccc(-c5ccccc5)c34)cc2)cc1. The normalized spacial score (nSPS) is 11.4. The van der Waals surface area contributed by atoms with Gasteiger partial charge in [-0.3, -0.25) is 0 Å². The van der Waals surface area contributed by atoms with Crippen molar-refractivity contribution in [1.82, 2.24) is 0 Å². The van der Waals surface area contributed by atoms with Crippen molar-refractivity contribution in [2.45, 2.75) is 0 Å². The minimum atomic E-state index is 1.11. The largest absolute Gasteiger partial charge is 0.309 e. The van der Waals surface area contributed by atoms with Crippen LogP contribution in [-0.4, -0.2) is 0 Å². The van der Waals surface area contributed by atoms with Gasteiger partial charge in [0.05, 0.1) is 10.4 Å². The van der Waals surface area contributed by atoms with Gasteiger partial charge in [0.25, 0.3) is 0 Å². The quantitative estimate of drug-likeness (QED) is 0.146. The van der Waals surface area contributed by atoms with Gasteiger partial charge in [0.1, 0.15) is 0 Å². The van der Waals surface area contributed by atoms with Crippen LogP contribution in [-0.2, 0) is 0 Å². The first-order chi connectivity index (χ1) is 28.8. The lowest BCUT2D eigenvalue weighted by Gasteiger charge is -2.26. The summed E-state index contributed by atoms with van der Waals surface area (Å²) in [4.78, 5) is 2.44. The van der Waals surface area contributed by atoms with Crippen molar-refractivity contribution >= 4 is 70.1 Å². The minimum absolute atomic E-state index is 1.11.